The Morgan fingerprint density at radius 2 is 1.78 bits per heavy atom. The number of fused-ring (bicyclic) bond motifs is 1. The lowest BCUT2D eigenvalue weighted by Crippen LogP contribution is -2.47. The van der Waals surface area contributed by atoms with E-state index in [2.05, 4.69) is 25.2 Å². The van der Waals surface area contributed by atoms with Crippen molar-refractivity contribution in [3.05, 3.63) is 60.3 Å². The van der Waals surface area contributed by atoms with E-state index in [1.807, 2.05) is 39.2 Å². The second-order valence-corrected chi connectivity index (χ2v) is 10.8. The molecule has 1 fully saturated rings. The van der Waals surface area contributed by atoms with Gasteiger partial charge >= 0.3 is 0 Å². The minimum absolute atomic E-state index is 0.235. The van der Waals surface area contributed by atoms with Gasteiger partial charge in [0.1, 0.15) is 0 Å². The van der Waals surface area contributed by atoms with Crippen molar-refractivity contribution in [2.24, 2.45) is 0 Å². The van der Waals surface area contributed by atoms with Gasteiger partial charge in [-0.25, -0.2) is 23.1 Å². The van der Waals surface area contributed by atoms with E-state index in [9.17, 15) is 8.42 Å². The molecule has 4 aromatic rings. The predicted molar refractivity (Wildman–Crippen MR) is 141 cm³/mol. The number of nitrogens with two attached hydrogens (primary N) is 1. The van der Waals surface area contributed by atoms with E-state index in [0.717, 1.165) is 16.6 Å². The summed E-state index contributed by atoms with van der Waals surface area (Å²) in [5.74, 6) is 1.26. The highest BCUT2D eigenvalue weighted by Gasteiger charge is 2.27. The van der Waals surface area contributed by atoms with Crippen molar-refractivity contribution < 1.29 is 8.42 Å². The number of imidazole rings is 1. The summed E-state index contributed by atoms with van der Waals surface area (Å²) in [5.41, 5.74) is 9.54. The molecule has 1 aliphatic heterocycles. The lowest BCUT2D eigenvalue weighted by Gasteiger charge is -2.31. The summed E-state index contributed by atoms with van der Waals surface area (Å²) in [5, 5.41) is 4.93. The first-order valence-electron chi connectivity index (χ1n) is 11.6. The van der Waals surface area contributed by atoms with Crippen molar-refractivity contribution in [1.82, 2.24) is 28.8 Å². The first-order valence-corrected chi connectivity index (χ1v) is 13.0. The lowest BCUT2D eigenvalue weighted by atomic mass is 10.2. The zero-order chi connectivity index (χ0) is 25.4. The van der Waals surface area contributed by atoms with Gasteiger partial charge in [-0.1, -0.05) is 18.2 Å². The first-order chi connectivity index (χ1) is 17.2. The first kappa shape index (κ1) is 24.0. The van der Waals surface area contributed by atoms with E-state index >= 15 is 0 Å². The number of hydrogen-bond donors (Lipinski definition) is 2. The van der Waals surface area contributed by atoms with Crippen molar-refractivity contribution in [3.8, 4) is 0 Å². The molecule has 0 spiro atoms. The standard InChI is InChI=1S/C24H29N9O2S/c1-17-6-4-9-20-22(17)29-23(25)33(20)31(3)21-10-11-26-24(28-21)27-18-7-5-8-19(16-18)36(34,35)32-14-12-30(2)13-15-32/h4-11,16H,12-15H2,1-3H3,(H2,25,29)(H,26,27,28). The van der Waals surface area contributed by atoms with Crippen LogP contribution in [-0.2, 0) is 10.0 Å². The molecule has 36 heavy (non-hydrogen) atoms. The van der Waals surface area contributed by atoms with E-state index in [1.54, 1.807) is 46.2 Å². The summed E-state index contributed by atoms with van der Waals surface area (Å²) in [6.07, 6.45) is 1.63. The molecule has 0 aliphatic carbocycles. The number of aromatic nitrogens is 4. The quantitative estimate of drug-likeness (QED) is 0.404. The Hall–Kier alpha value is -3.74. The van der Waals surface area contributed by atoms with Crippen LogP contribution < -0.4 is 16.1 Å². The average Bonchev–Trinajstić information content (AvgIpc) is 3.21. The molecule has 0 radical (unpaired) electrons. The number of piperazine rings is 1. The van der Waals surface area contributed by atoms with Crippen LogP contribution >= 0.6 is 0 Å². The third-order valence-corrected chi connectivity index (χ3v) is 8.25. The molecular formula is C24H29N9O2S. The van der Waals surface area contributed by atoms with Crippen LogP contribution in [0.4, 0.5) is 23.4 Å². The van der Waals surface area contributed by atoms with Crippen LogP contribution in [0.15, 0.2) is 59.6 Å². The van der Waals surface area contributed by atoms with Crippen LogP contribution in [0, 0.1) is 6.92 Å². The number of para-hydroxylation sites is 1. The second-order valence-electron chi connectivity index (χ2n) is 8.85. The molecule has 12 heteroatoms. The smallest absolute Gasteiger partial charge is 0.243 e. The maximum Gasteiger partial charge on any atom is 0.243 e. The summed E-state index contributed by atoms with van der Waals surface area (Å²) < 4.78 is 29.6. The summed E-state index contributed by atoms with van der Waals surface area (Å²) in [4.78, 5) is 15.8. The van der Waals surface area contributed by atoms with E-state index in [4.69, 9.17) is 5.73 Å². The fraction of sp³-hybridized carbons (Fsp3) is 0.292. The number of benzene rings is 2. The van der Waals surface area contributed by atoms with Gasteiger partial charge in [0.05, 0.1) is 15.9 Å². The van der Waals surface area contributed by atoms with Crippen LogP contribution in [0.25, 0.3) is 11.0 Å². The number of likely N-dealkylation sites (N-methyl/N-ethyl adjacent to an activating group) is 1. The van der Waals surface area contributed by atoms with Crippen LogP contribution in [0.2, 0.25) is 0 Å². The molecule has 2 aromatic heterocycles. The van der Waals surface area contributed by atoms with Gasteiger partial charge in [-0.3, -0.25) is 5.01 Å². The molecule has 11 nitrogen and oxygen atoms in total. The molecule has 0 amide bonds. The molecule has 1 saturated heterocycles. The van der Waals surface area contributed by atoms with E-state index in [0.29, 0.717) is 49.6 Å². The average molecular weight is 508 g/mol. The number of nitrogens with one attached hydrogen (secondary N) is 1. The van der Waals surface area contributed by atoms with Gasteiger partial charge < -0.3 is 16.0 Å². The molecule has 3 heterocycles. The van der Waals surface area contributed by atoms with E-state index in [1.165, 1.54) is 4.31 Å². The summed E-state index contributed by atoms with van der Waals surface area (Å²) in [6.45, 7) is 4.35. The van der Waals surface area contributed by atoms with Gasteiger partial charge in [0.25, 0.3) is 0 Å². The van der Waals surface area contributed by atoms with Crippen LogP contribution in [0.1, 0.15) is 5.56 Å². The van der Waals surface area contributed by atoms with Gasteiger partial charge in [-0.05, 0) is 43.8 Å². The van der Waals surface area contributed by atoms with Crippen LogP contribution in [0.5, 0.6) is 0 Å². The zero-order valence-corrected chi connectivity index (χ0v) is 21.3. The van der Waals surface area contributed by atoms with Crippen molar-refractivity contribution >= 4 is 44.5 Å². The molecule has 0 saturated carbocycles. The molecule has 0 atom stereocenters. The Morgan fingerprint density at radius 1 is 1.03 bits per heavy atom. The van der Waals surface area contributed by atoms with Crippen molar-refractivity contribution in [2.75, 3.05) is 56.3 Å². The van der Waals surface area contributed by atoms with Gasteiger partial charge in [0.15, 0.2) is 5.82 Å². The topological polar surface area (TPSA) is 126 Å². The third kappa shape index (κ3) is 4.45. The fourth-order valence-corrected chi connectivity index (χ4v) is 5.76. The highest BCUT2D eigenvalue weighted by Crippen LogP contribution is 2.26. The highest BCUT2D eigenvalue weighted by atomic mass is 32.2. The van der Waals surface area contributed by atoms with Crippen molar-refractivity contribution in [2.45, 2.75) is 11.8 Å². The lowest BCUT2D eigenvalue weighted by molar-refractivity contribution is 0.222. The minimum Gasteiger partial charge on any atom is -0.368 e. The predicted octanol–water partition coefficient (Wildman–Crippen LogP) is 2.30. The van der Waals surface area contributed by atoms with E-state index < -0.39 is 10.0 Å². The number of sulfonamides is 1. The SMILES string of the molecule is Cc1cccc2c1nc(N)n2N(C)c1ccnc(Nc2cccc(S(=O)(=O)N3CCN(C)CC3)c2)n1. The number of aryl methyl sites for hydroxylation is 1. The van der Waals surface area contributed by atoms with Gasteiger partial charge in [-0.15, -0.1) is 0 Å². The summed E-state index contributed by atoms with van der Waals surface area (Å²) in [6, 6.07) is 14.4. The number of anilines is 4. The fourth-order valence-electron chi connectivity index (χ4n) is 4.29. The maximum atomic E-state index is 13.2. The molecule has 1 aliphatic rings. The second kappa shape index (κ2) is 9.37. The van der Waals surface area contributed by atoms with Crippen LogP contribution in [-0.4, -0.2) is 77.5 Å². The molecule has 188 valence electrons. The number of rotatable bonds is 6. The number of hydrogen-bond acceptors (Lipinski definition) is 9. The number of nitrogen functional groups attached to an aromatic ring is 1. The zero-order valence-electron chi connectivity index (χ0n) is 20.5. The molecule has 2 aromatic carbocycles. The molecule has 0 bridgehead atoms. The monoisotopic (exact) mass is 507 g/mol. The highest BCUT2D eigenvalue weighted by molar-refractivity contribution is 7.89. The Morgan fingerprint density at radius 3 is 2.56 bits per heavy atom. The van der Waals surface area contributed by atoms with Gasteiger partial charge in [0.2, 0.25) is 21.9 Å². The van der Waals surface area contributed by atoms with Crippen molar-refractivity contribution in [3.63, 3.8) is 0 Å². The minimum atomic E-state index is -3.59. The largest absolute Gasteiger partial charge is 0.368 e. The Labute approximate surface area is 210 Å². The van der Waals surface area contributed by atoms with E-state index in [-0.39, 0.29) is 4.90 Å². The summed E-state index contributed by atoms with van der Waals surface area (Å²) >= 11 is 0. The van der Waals surface area contributed by atoms with Crippen molar-refractivity contribution in [1.29, 1.82) is 0 Å². The van der Waals surface area contributed by atoms with Gasteiger partial charge in [0, 0.05) is 51.2 Å². The third-order valence-electron chi connectivity index (χ3n) is 6.35. The van der Waals surface area contributed by atoms with Crippen LogP contribution in [0.3, 0.4) is 0 Å². The molecule has 0 unspecified atom stereocenters. The molecule has 3 N–H and O–H groups in total. The Kier molecular flexibility index (Phi) is 6.24. The normalized spacial score (nSPS) is 15.3. The number of nitrogens with zero attached hydrogens (tertiary/aromatic N) is 7. The Bertz CT molecular complexity index is 1510. The Balaban J connectivity index is 1.40. The molecule has 5 rings (SSSR count). The van der Waals surface area contributed by atoms with Gasteiger partial charge in [-0.2, -0.15) is 9.29 Å². The summed E-state index contributed by atoms with van der Waals surface area (Å²) in [7, 11) is 0.246. The maximum absolute atomic E-state index is 13.2. The molecular weight excluding hydrogens is 478 g/mol.